The molecule has 0 N–H and O–H groups in total. The molecule has 0 saturated carbocycles. The van der Waals surface area contributed by atoms with Crippen molar-refractivity contribution in [1.82, 2.24) is 9.80 Å². The van der Waals surface area contributed by atoms with Crippen LogP contribution in [-0.2, 0) is 11.2 Å². The Morgan fingerprint density at radius 1 is 0.842 bits per heavy atom. The highest BCUT2D eigenvalue weighted by atomic mass is 16.5. The fourth-order valence-electron chi connectivity index (χ4n) is 5.46. The molecule has 1 aliphatic rings. The van der Waals surface area contributed by atoms with Crippen LogP contribution in [-0.4, -0.2) is 69.8 Å². The summed E-state index contributed by atoms with van der Waals surface area (Å²) >= 11 is 0. The molecule has 38 heavy (non-hydrogen) atoms. The molecular formula is C32H40N2O4. The summed E-state index contributed by atoms with van der Waals surface area (Å²) in [5.41, 5.74) is 3.53. The molecule has 4 rings (SSSR count). The predicted molar refractivity (Wildman–Crippen MR) is 151 cm³/mol. The molecule has 1 amide bonds. The van der Waals surface area contributed by atoms with E-state index in [1.54, 1.807) is 27.4 Å². The van der Waals surface area contributed by atoms with E-state index in [0.717, 1.165) is 44.5 Å². The second-order valence-electron chi connectivity index (χ2n) is 9.94. The van der Waals surface area contributed by atoms with Crippen molar-refractivity contribution in [2.75, 3.05) is 48.0 Å². The van der Waals surface area contributed by atoms with Gasteiger partial charge >= 0.3 is 0 Å². The molecule has 0 unspecified atom stereocenters. The number of carbonyl (C=O) groups is 1. The summed E-state index contributed by atoms with van der Waals surface area (Å²) in [6.07, 6.45) is 3.29. The van der Waals surface area contributed by atoms with Gasteiger partial charge in [-0.2, -0.15) is 0 Å². The summed E-state index contributed by atoms with van der Waals surface area (Å²) in [6, 6.07) is 25.4. The number of piperidine rings is 1. The molecule has 6 heteroatoms. The van der Waals surface area contributed by atoms with Crippen LogP contribution < -0.4 is 14.2 Å². The van der Waals surface area contributed by atoms with E-state index in [1.165, 1.54) is 11.1 Å². The van der Waals surface area contributed by atoms with Crippen LogP contribution in [0.5, 0.6) is 17.2 Å². The Morgan fingerprint density at radius 2 is 1.37 bits per heavy atom. The van der Waals surface area contributed by atoms with Crippen LogP contribution >= 0.6 is 0 Å². The van der Waals surface area contributed by atoms with E-state index >= 15 is 0 Å². The quantitative estimate of drug-likeness (QED) is 0.342. The minimum absolute atomic E-state index is 0.0854. The standard InChI is InChI=1S/C32H40N2O4/c1-33(32(35)22-26-21-30(37-3)31(38-4)23-29(26)36-2)27-15-18-34(19-16-27)20-17-28(24-11-7-5-8-12-24)25-13-9-6-10-14-25/h5-14,21,23,27-28H,15-20,22H2,1-4H3. The number of nitrogens with zero attached hydrogens (tertiary/aromatic N) is 2. The number of methoxy groups -OCH3 is 3. The smallest absolute Gasteiger partial charge is 0.227 e. The van der Waals surface area contributed by atoms with Gasteiger partial charge in [0.1, 0.15) is 5.75 Å². The maximum Gasteiger partial charge on any atom is 0.227 e. The highest BCUT2D eigenvalue weighted by Gasteiger charge is 2.27. The van der Waals surface area contributed by atoms with Crippen LogP contribution in [0, 0.1) is 0 Å². The van der Waals surface area contributed by atoms with E-state index in [4.69, 9.17) is 14.2 Å². The molecule has 0 aromatic heterocycles. The molecule has 3 aromatic carbocycles. The first-order valence-electron chi connectivity index (χ1n) is 13.4. The highest BCUT2D eigenvalue weighted by molar-refractivity contribution is 5.80. The fraction of sp³-hybridized carbons (Fsp3) is 0.406. The van der Waals surface area contributed by atoms with E-state index in [0.29, 0.717) is 23.2 Å². The predicted octanol–water partition coefficient (Wildman–Crippen LogP) is 5.40. The maximum absolute atomic E-state index is 13.2. The zero-order valence-electron chi connectivity index (χ0n) is 23.1. The van der Waals surface area contributed by atoms with E-state index in [9.17, 15) is 4.79 Å². The normalized spacial score (nSPS) is 14.3. The molecule has 0 bridgehead atoms. The van der Waals surface area contributed by atoms with Gasteiger partial charge in [-0.3, -0.25) is 4.79 Å². The Morgan fingerprint density at radius 3 is 1.89 bits per heavy atom. The van der Waals surface area contributed by atoms with Gasteiger partial charge in [-0.05, 0) is 43.0 Å². The van der Waals surface area contributed by atoms with Gasteiger partial charge in [-0.25, -0.2) is 0 Å². The van der Waals surface area contributed by atoms with Gasteiger partial charge in [0.25, 0.3) is 0 Å². The lowest BCUT2D eigenvalue weighted by Gasteiger charge is -2.37. The Kier molecular flexibility index (Phi) is 9.66. The zero-order chi connectivity index (χ0) is 26.9. The van der Waals surface area contributed by atoms with Gasteiger partial charge in [-0.1, -0.05) is 60.7 Å². The number of likely N-dealkylation sites (N-methyl/N-ethyl adjacent to an activating group) is 1. The van der Waals surface area contributed by atoms with Crippen molar-refractivity contribution < 1.29 is 19.0 Å². The molecule has 0 atom stereocenters. The second kappa shape index (κ2) is 13.3. The Balaban J connectivity index is 1.33. The number of hydrogen-bond acceptors (Lipinski definition) is 5. The number of carbonyl (C=O) groups excluding carboxylic acids is 1. The fourth-order valence-corrected chi connectivity index (χ4v) is 5.46. The first-order chi connectivity index (χ1) is 18.5. The summed E-state index contributed by atoms with van der Waals surface area (Å²) in [5.74, 6) is 2.28. The topological polar surface area (TPSA) is 51.2 Å². The molecule has 202 valence electrons. The van der Waals surface area contributed by atoms with Crippen LogP contribution in [0.4, 0.5) is 0 Å². The minimum atomic E-state index is 0.0854. The molecule has 0 radical (unpaired) electrons. The summed E-state index contributed by atoms with van der Waals surface area (Å²) in [7, 11) is 6.72. The average molecular weight is 517 g/mol. The highest BCUT2D eigenvalue weighted by Crippen LogP contribution is 2.35. The van der Waals surface area contributed by atoms with Gasteiger partial charge in [0.2, 0.25) is 5.91 Å². The third kappa shape index (κ3) is 6.67. The van der Waals surface area contributed by atoms with E-state index in [1.807, 2.05) is 18.0 Å². The molecule has 1 fully saturated rings. The van der Waals surface area contributed by atoms with Crippen molar-refractivity contribution in [1.29, 1.82) is 0 Å². The molecule has 1 saturated heterocycles. The van der Waals surface area contributed by atoms with Crippen LogP contribution in [0.15, 0.2) is 72.8 Å². The van der Waals surface area contributed by atoms with E-state index < -0.39 is 0 Å². The van der Waals surface area contributed by atoms with E-state index in [-0.39, 0.29) is 18.4 Å². The summed E-state index contributed by atoms with van der Waals surface area (Å²) in [5, 5.41) is 0. The molecule has 6 nitrogen and oxygen atoms in total. The van der Waals surface area contributed by atoms with Crippen molar-refractivity contribution in [2.24, 2.45) is 0 Å². The summed E-state index contributed by atoms with van der Waals surface area (Å²) in [6.45, 7) is 3.04. The van der Waals surface area contributed by atoms with Gasteiger partial charge in [-0.15, -0.1) is 0 Å². The third-order valence-corrected chi connectivity index (χ3v) is 7.76. The lowest BCUT2D eigenvalue weighted by Crippen LogP contribution is -2.46. The summed E-state index contributed by atoms with van der Waals surface area (Å²) in [4.78, 5) is 17.7. The first kappa shape index (κ1) is 27.5. The SMILES string of the molecule is COc1cc(OC)c(OC)cc1CC(=O)N(C)C1CCN(CCC(c2ccccc2)c2ccccc2)CC1. The minimum Gasteiger partial charge on any atom is -0.496 e. The summed E-state index contributed by atoms with van der Waals surface area (Å²) < 4.78 is 16.3. The van der Waals surface area contributed by atoms with Gasteiger partial charge in [0, 0.05) is 43.7 Å². The van der Waals surface area contributed by atoms with Crippen LogP contribution in [0.3, 0.4) is 0 Å². The van der Waals surface area contributed by atoms with Crippen molar-refractivity contribution in [2.45, 2.75) is 37.6 Å². The number of rotatable bonds is 11. The molecule has 1 aliphatic heterocycles. The van der Waals surface area contributed by atoms with Crippen molar-refractivity contribution in [3.63, 3.8) is 0 Å². The molecular weight excluding hydrogens is 476 g/mol. The van der Waals surface area contributed by atoms with Crippen LogP contribution in [0.2, 0.25) is 0 Å². The number of hydrogen-bond donors (Lipinski definition) is 0. The average Bonchev–Trinajstić information content (AvgIpc) is 2.98. The van der Waals surface area contributed by atoms with Crippen LogP contribution in [0.1, 0.15) is 41.9 Å². The number of ether oxygens (including phenoxy) is 3. The second-order valence-corrected chi connectivity index (χ2v) is 9.94. The molecule has 1 heterocycles. The largest absolute Gasteiger partial charge is 0.496 e. The van der Waals surface area contributed by atoms with Crippen molar-refractivity contribution >= 4 is 5.91 Å². The molecule has 0 spiro atoms. The number of benzene rings is 3. The van der Waals surface area contributed by atoms with E-state index in [2.05, 4.69) is 65.6 Å². The molecule has 3 aromatic rings. The lowest BCUT2D eigenvalue weighted by atomic mass is 9.88. The van der Waals surface area contributed by atoms with Crippen molar-refractivity contribution in [3.8, 4) is 17.2 Å². The maximum atomic E-state index is 13.2. The third-order valence-electron chi connectivity index (χ3n) is 7.76. The van der Waals surface area contributed by atoms with Gasteiger partial charge < -0.3 is 24.0 Å². The Labute approximate surface area is 227 Å². The van der Waals surface area contributed by atoms with Gasteiger partial charge in [0.15, 0.2) is 11.5 Å². The lowest BCUT2D eigenvalue weighted by molar-refractivity contribution is -0.132. The van der Waals surface area contributed by atoms with Crippen molar-refractivity contribution in [3.05, 3.63) is 89.5 Å². The zero-order valence-corrected chi connectivity index (χ0v) is 23.1. The Hall–Kier alpha value is -3.51. The monoisotopic (exact) mass is 516 g/mol. The van der Waals surface area contributed by atoms with Gasteiger partial charge in [0.05, 0.1) is 27.8 Å². The number of amides is 1. The number of likely N-dealkylation sites (tertiary alicyclic amines) is 1. The Bertz CT molecular complexity index is 1120. The molecule has 0 aliphatic carbocycles. The van der Waals surface area contributed by atoms with Crippen LogP contribution in [0.25, 0.3) is 0 Å². The first-order valence-corrected chi connectivity index (χ1v) is 13.4.